The predicted octanol–water partition coefficient (Wildman–Crippen LogP) is 3.67. The molecule has 0 radical (unpaired) electrons. The van der Waals surface area contributed by atoms with Crippen molar-refractivity contribution in [1.29, 1.82) is 0 Å². The molecule has 7 heteroatoms. The Hall–Kier alpha value is -2.15. The number of nitro groups is 1. The summed E-state index contributed by atoms with van der Waals surface area (Å²) in [5.74, 6) is 0.732. The van der Waals surface area contributed by atoms with Gasteiger partial charge in [-0.3, -0.25) is 10.1 Å². The number of non-ortho nitro benzene ring substituents is 1. The first-order valence-corrected chi connectivity index (χ1v) is 7.53. The van der Waals surface area contributed by atoms with Gasteiger partial charge in [0.2, 0.25) is 0 Å². The van der Waals surface area contributed by atoms with Crippen molar-refractivity contribution >= 4 is 22.7 Å². The van der Waals surface area contributed by atoms with E-state index in [0.717, 1.165) is 5.01 Å². The van der Waals surface area contributed by atoms with Crippen LogP contribution in [0.1, 0.15) is 24.8 Å². The highest BCUT2D eigenvalue weighted by atomic mass is 32.1. The quantitative estimate of drug-likeness (QED) is 0.624. The lowest BCUT2D eigenvalue weighted by atomic mass is 10.2. The average Bonchev–Trinajstić information content (AvgIpc) is 2.99. The summed E-state index contributed by atoms with van der Waals surface area (Å²) in [6.07, 6.45) is 1.77. The van der Waals surface area contributed by atoms with Crippen molar-refractivity contribution in [2.75, 3.05) is 18.5 Å². The summed E-state index contributed by atoms with van der Waals surface area (Å²) in [7, 11) is 0. The highest BCUT2D eigenvalue weighted by Gasteiger charge is 2.12. The number of hydrogen-bond donors (Lipinski definition) is 1. The van der Waals surface area contributed by atoms with Gasteiger partial charge in [0.25, 0.3) is 5.69 Å². The van der Waals surface area contributed by atoms with Gasteiger partial charge in [0, 0.05) is 41.9 Å². The van der Waals surface area contributed by atoms with Crippen LogP contribution in [0.5, 0.6) is 5.75 Å². The highest BCUT2D eigenvalue weighted by Crippen LogP contribution is 2.27. The monoisotopic (exact) mass is 307 g/mol. The Morgan fingerprint density at radius 1 is 1.48 bits per heavy atom. The fourth-order valence-corrected chi connectivity index (χ4v) is 2.58. The third-order valence-corrected chi connectivity index (χ3v) is 3.91. The second-order valence-electron chi connectivity index (χ2n) is 4.56. The molecule has 1 heterocycles. The zero-order valence-corrected chi connectivity index (χ0v) is 12.7. The molecule has 0 aliphatic rings. The molecule has 1 aromatic carbocycles. The van der Waals surface area contributed by atoms with E-state index < -0.39 is 4.92 Å². The van der Waals surface area contributed by atoms with Gasteiger partial charge < -0.3 is 10.1 Å². The average molecular weight is 307 g/mol. The van der Waals surface area contributed by atoms with Crippen LogP contribution in [0.15, 0.2) is 29.8 Å². The lowest BCUT2D eigenvalue weighted by Gasteiger charge is -2.12. The molecule has 112 valence electrons. The molecular formula is C14H17N3O3S. The maximum atomic E-state index is 10.9. The van der Waals surface area contributed by atoms with Crippen molar-refractivity contribution in [3.8, 4) is 5.75 Å². The van der Waals surface area contributed by atoms with E-state index in [-0.39, 0.29) is 11.6 Å². The maximum Gasteiger partial charge on any atom is 0.275 e. The molecule has 1 unspecified atom stereocenters. The van der Waals surface area contributed by atoms with Crippen molar-refractivity contribution in [1.82, 2.24) is 4.98 Å². The van der Waals surface area contributed by atoms with Crippen LogP contribution in [0, 0.1) is 10.1 Å². The van der Waals surface area contributed by atoms with Crippen molar-refractivity contribution < 1.29 is 9.66 Å². The molecule has 6 nitrogen and oxygen atoms in total. The van der Waals surface area contributed by atoms with Gasteiger partial charge in [0.05, 0.1) is 22.6 Å². The van der Waals surface area contributed by atoms with E-state index in [1.807, 2.05) is 12.3 Å². The molecule has 0 amide bonds. The molecule has 0 saturated carbocycles. The number of ether oxygens (including phenoxy) is 1. The van der Waals surface area contributed by atoms with E-state index in [1.165, 1.54) is 12.1 Å². The second-order valence-corrected chi connectivity index (χ2v) is 5.48. The van der Waals surface area contributed by atoms with Crippen LogP contribution >= 0.6 is 11.3 Å². The minimum absolute atomic E-state index is 0.0188. The van der Waals surface area contributed by atoms with Gasteiger partial charge in [0.15, 0.2) is 0 Å². The summed E-state index contributed by atoms with van der Waals surface area (Å²) < 4.78 is 5.36. The molecular weight excluding hydrogens is 290 g/mol. The van der Waals surface area contributed by atoms with E-state index >= 15 is 0 Å². The first kappa shape index (κ1) is 15.2. The molecule has 0 aliphatic heterocycles. The molecule has 21 heavy (non-hydrogen) atoms. The van der Waals surface area contributed by atoms with Crippen molar-refractivity contribution in [3.63, 3.8) is 0 Å². The van der Waals surface area contributed by atoms with Gasteiger partial charge >= 0.3 is 0 Å². The van der Waals surface area contributed by atoms with E-state index in [0.29, 0.717) is 24.6 Å². The fourth-order valence-electron chi connectivity index (χ4n) is 1.88. The summed E-state index contributed by atoms with van der Waals surface area (Å²) >= 11 is 1.60. The van der Waals surface area contributed by atoms with Gasteiger partial charge in [-0.25, -0.2) is 4.98 Å². The zero-order chi connectivity index (χ0) is 15.2. The van der Waals surface area contributed by atoms with Crippen molar-refractivity contribution in [3.05, 3.63) is 44.9 Å². The third kappa shape index (κ3) is 4.16. The van der Waals surface area contributed by atoms with E-state index in [2.05, 4.69) is 17.2 Å². The van der Waals surface area contributed by atoms with Crippen LogP contribution in [0.25, 0.3) is 0 Å². The van der Waals surface area contributed by atoms with Crippen LogP contribution in [0.3, 0.4) is 0 Å². The van der Waals surface area contributed by atoms with E-state index in [1.54, 1.807) is 23.6 Å². The van der Waals surface area contributed by atoms with E-state index in [4.69, 9.17) is 4.74 Å². The Labute approximate surface area is 126 Å². The normalized spacial score (nSPS) is 11.9. The summed E-state index contributed by atoms with van der Waals surface area (Å²) in [6.45, 7) is 5.03. The number of anilines is 1. The minimum Gasteiger partial charge on any atom is -0.494 e. The van der Waals surface area contributed by atoms with Crippen molar-refractivity contribution in [2.24, 2.45) is 0 Å². The number of thiazole rings is 1. The predicted molar refractivity (Wildman–Crippen MR) is 83.3 cm³/mol. The van der Waals surface area contributed by atoms with E-state index in [9.17, 15) is 10.1 Å². The van der Waals surface area contributed by atoms with Gasteiger partial charge in [-0.15, -0.1) is 11.3 Å². The summed E-state index contributed by atoms with van der Waals surface area (Å²) in [4.78, 5) is 14.8. The SMILES string of the molecule is CCOc1cc(NCC(C)c2nccs2)cc([N+](=O)[O-])c1. The number of nitro benzene ring substituents is 1. The fraction of sp³-hybridized carbons (Fsp3) is 0.357. The number of nitrogens with zero attached hydrogens (tertiary/aromatic N) is 2. The van der Waals surface area contributed by atoms with Crippen LogP contribution in [-0.4, -0.2) is 23.1 Å². The number of aromatic nitrogens is 1. The third-order valence-electron chi connectivity index (χ3n) is 2.90. The molecule has 0 spiro atoms. The van der Waals surface area contributed by atoms with Gasteiger partial charge in [0.1, 0.15) is 5.75 Å². The summed E-state index contributed by atoms with van der Waals surface area (Å²) in [5, 5.41) is 17.1. The molecule has 0 fully saturated rings. The Morgan fingerprint density at radius 2 is 2.29 bits per heavy atom. The highest BCUT2D eigenvalue weighted by molar-refractivity contribution is 7.09. The maximum absolute atomic E-state index is 10.9. The second kappa shape index (κ2) is 7.03. The lowest BCUT2D eigenvalue weighted by molar-refractivity contribution is -0.384. The number of rotatable bonds is 7. The number of hydrogen-bond acceptors (Lipinski definition) is 6. The Kier molecular flexibility index (Phi) is 5.10. The Morgan fingerprint density at radius 3 is 2.90 bits per heavy atom. The number of benzene rings is 1. The Balaban J connectivity index is 2.09. The van der Waals surface area contributed by atoms with Gasteiger partial charge in [-0.1, -0.05) is 6.92 Å². The smallest absolute Gasteiger partial charge is 0.275 e. The summed E-state index contributed by atoms with van der Waals surface area (Å²) in [5.41, 5.74) is 0.696. The molecule has 1 aromatic heterocycles. The first-order valence-electron chi connectivity index (χ1n) is 6.65. The van der Waals surface area contributed by atoms with Crippen LogP contribution in [0.2, 0.25) is 0 Å². The van der Waals surface area contributed by atoms with Crippen LogP contribution < -0.4 is 10.1 Å². The molecule has 2 rings (SSSR count). The molecule has 1 N–H and O–H groups in total. The zero-order valence-electron chi connectivity index (χ0n) is 11.9. The van der Waals surface area contributed by atoms with Gasteiger partial charge in [-0.2, -0.15) is 0 Å². The van der Waals surface area contributed by atoms with Crippen LogP contribution in [-0.2, 0) is 0 Å². The summed E-state index contributed by atoms with van der Waals surface area (Å²) in [6, 6.07) is 4.71. The van der Waals surface area contributed by atoms with Crippen LogP contribution in [0.4, 0.5) is 11.4 Å². The molecule has 0 bridgehead atoms. The molecule has 2 aromatic rings. The molecule has 0 saturated heterocycles. The van der Waals surface area contributed by atoms with Gasteiger partial charge in [-0.05, 0) is 6.92 Å². The minimum atomic E-state index is -0.419. The molecule has 1 atom stereocenters. The van der Waals surface area contributed by atoms with Crippen molar-refractivity contribution in [2.45, 2.75) is 19.8 Å². The standard InChI is InChI=1S/C14H17N3O3S/c1-3-20-13-7-11(6-12(8-13)17(18)19)16-9-10(2)14-15-4-5-21-14/h4-8,10,16H,3,9H2,1-2H3. The largest absolute Gasteiger partial charge is 0.494 e. The number of nitrogens with one attached hydrogen (secondary N) is 1. The first-order chi connectivity index (χ1) is 10.1. The molecule has 0 aliphatic carbocycles. The lowest BCUT2D eigenvalue weighted by Crippen LogP contribution is -2.10. The topological polar surface area (TPSA) is 77.3 Å². The Bertz CT molecular complexity index is 602.